The van der Waals surface area contributed by atoms with Crippen molar-refractivity contribution in [1.29, 1.82) is 0 Å². The molecular formula is C23H36N6O2. The van der Waals surface area contributed by atoms with Crippen LogP contribution in [-0.2, 0) is 4.79 Å². The number of ether oxygens (including phenoxy) is 1. The lowest BCUT2D eigenvalue weighted by molar-refractivity contribution is -0.133. The van der Waals surface area contributed by atoms with Crippen LogP contribution in [0.4, 0.5) is 11.8 Å². The van der Waals surface area contributed by atoms with E-state index in [4.69, 9.17) is 9.72 Å². The van der Waals surface area contributed by atoms with E-state index < -0.39 is 5.60 Å². The zero-order valence-corrected chi connectivity index (χ0v) is 19.1. The van der Waals surface area contributed by atoms with Crippen molar-refractivity contribution in [1.82, 2.24) is 19.8 Å². The zero-order valence-electron chi connectivity index (χ0n) is 19.1. The molecule has 1 amide bonds. The van der Waals surface area contributed by atoms with Crippen LogP contribution in [0.25, 0.3) is 0 Å². The van der Waals surface area contributed by atoms with Crippen molar-refractivity contribution < 1.29 is 9.53 Å². The third kappa shape index (κ3) is 4.12. The first-order chi connectivity index (χ1) is 14.9. The van der Waals surface area contributed by atoms with Crippen molar-refractivity contribution >= 4 is 17.7 Å². The molecule has 1 aliphatic carbocycles. The number of likely N-dealkylation sites (tertiary alicyclic amines) is 2. The maximum absolute atomic E-state index is 13.2. The highest BCUT2D eigenvalue weighted by atomic mass is 16.5. The number of nitrogens with zero attached hydrogens (tertiary/aromatic N) is 5. The predicted octanol–water partition coefficient (Wildman–Crippen LogP) is 2.50. The summed E-state index contributed by atoms with van der Waals surface area (Å²) in [5, 5.41) is 3.54. The van der Waals surface area contributed by atoms with E-state index in [0.717, 1.165) is 51.6 Å². The van der Waals surface area contributed by atoms with E-state index in [1.54, 1.807) is 6.20 Å². The molecule has 0 spiro atoms. The summed E-state index contributed by atoms with van der Waals surface area (Å²) in [6, 6.07) is 1.28. The normalized spacial score (nSPS) is 28.0. The van der Waals surface area contributed by atoms with E-state index in [9.17, 15) is 4.79 Å². The Balaban J connectivity index is 1.28. The average molecular weight is 429 g/mol. The third-order valence-electron chi connectivity index (χ3n) is 7.50. The molecule has 0 unspecified atom stereocenters. The molecular weight excluding hydrogens is 392 g/mol. The van der Waals surface area contributed by atoms with Gasteiger partial charge in [-0.1, -0.05) is 12.8 Å². The summed E-state index contributed by atoms with van der Waals surface area (Å²) in [6.45, 7) is 8.30. The first kappa shape index (κ1) is 20.9. The SMILES string of the molecule is CN1CC[C@H](N2CCC(Nc3ncc4c(n3)N(C3CCCC3)C(=O)C(C)(C)O4)CC2)C1. The van der Waals surface area contributed by atoms with Gasteiger partial charge in [0.25, 0.3) is 5.91 Å². The van der Waals surface area contributed by atoms with Crippen molar-refractivity contribution in [2.75, 3.05) is 43.4 Å². The second-order valence-corrected chi connectivity index (χ2v) is 10.3. The van der Waals surface area contributed by atoms with Gasteiger partial charge in [-0.15, -0.1) is 0 Å². The van der Waals surface area contributed by atoms with E-state index >= 15 is 0 Å². The van der Waals surface area contributed by atoms with Gasteiger partial charge in [0.2, 0.25) is 5.95 Å². The number of hydrogen-bond donors (Lipinski definition) is 1. The Morgan fingerprint density at radius 1 is 1.06 bits per heavy atom. The first-order valence-electron chi connectivity index (χ1n) is 12.0. The minimum atomic E-state index is -0.880. The van der Waals surface area contributed by atoms with Crippen LogP contribution in [0.5, 0.6) is 5.75 Å². The van der Waals surface area contributed by atoms with E-state index in [-0.39, 0.29) is 11.9 Å². The third-order valence-corrected chi connectivity index (χ3v) is 7.50. The smallest absolute Gasteiger partial charge is 0.272 e. The monoisotopic (exact) mass is 428 g/mol. The number of piperidine rings is 1. The highest BCUT2D eigenvalue weighted by Gasteiger charge is 2.45. The number of carbonyl (C=O) groups is 1. The van der Waals surface area contributed by atoms with Crippen LogP contribution < -0.4 is 15.0 Å². The van der Waals surface area contributed by atoms with Crippen molar-refractivity contribution in [3.05, 3.63) is 6.20 Å². The predicted molar refractivity (Wildman–Crippen MR) is 121 cm³/mol. The van der Waals surface area contributed by atoms with Crippen LogP contribution >= 0.6 is 0 Å². The quantitative estimate of drug-likeness (QED) is 0.790. The summed E-state index contributed by atoms with van der Waals surface area (Å²) in [4.78, 5) is 29.5. The summed E-state index contributed by atoms with van der Waals surface area (Å²) in [7, 11) is 2.21. The average Bonchev–Trinajstić information content (AvgIpc) is 3.42. The van der Waals surface area contributed by atoms with E-state index in [1.165, 1.54) is 19.5 Å². The molecule has 8 heteroatoms. The van der Waals surface area contributed by atoms with Gasteiger partial charge in [0.1, 0.15) is 0 Å². The van der Waals surface area contributed by atoms with Gasteiger partial charge in [-0.05, 0) is 59.5 Å². The molecule has 3 fully saturated rings. The Kier molecular flexibility index (Phi) is 5.54. The van der Waals surface area contributed by atoms with Gasteiger partial charge in [0.15, 0.2) is 17.2 Å². The Morgan fingerprint density at radius 2 is 1.81 bits per heavy atom. The highest BCUT2D eigenvalue weighted by Crippen LogP contribution is 2.40. The molecule has 3 aliphatic heterocycles. The molecule has 5 rings (SSSR count). The van der Waals surface area contributed by atoms with E-state index in [0.29, 0.717) is 29.6 Å². The molecule has 0 bridgehead atoms. The van der Waals surface area contributed by atoms with E-state index in [1.807, 2.05) is 18.7 Å². The summed E-state index contributed by atoms with van der Waals surface area (Å²) < 4.78 is 5.99. The number of carbonyl (C=O) groups excluding carboxylic acids is 1. The Morgan fingerprint density at radius 3 is 2.48 bits per heavy atom. The van der Waals surface area contributed by atoms with Crippen LogP contribution in [0.2, 0.25) is 0 Å². The van der Waals surface area contributed by atoms with Gasteiger partial charge < -0.3 is 15.0 Å². The fourth-order valence-corrected chi connectivity index (χ4v) is 5.68. The van der Waals surface area contributed by atoms with Gasteiger partial charge in [-0.2, -0.15) is 4.98 Å². The van der Waals surface area contributed by atoms with Gasteiger partial charge in [0.05, 0.1) is 6.20 Å². The zero-order chi connectivity index (χ0) is 21.6. The number of rotatable bonds is 4. The molecule has 1 aromatic rings. The second-order valence-electron chi connectivity index (χ2n) is 10.3. The van der Waals surface area contributed by atoms with Gasteiger partial charge in [0, 0.05) is 37.8 Å². The first-order valence-corrected chi connectivity index (χ1v) is 12.0. The lowest BCUT2D eigenvalue weighted by Crippen LogP contribution is -2.56. The van der Waals surface area contributed by atoms with Crippen LogP contribution in [0, 0.1) is 0 Å². The highest BCUT2D eigenvalue weighted by molar-refractivity contribution is 6.02. The fourth-order valence-electron chi connectivity index (χ4n) is 5.68. The minimum absolute atomic E-state index is 0.00592. The second kappa shape index (κ2) is 8.20. The minimum Gasteiger partial charge on any atom is -0.472 e. The fraction of sp³-hybridized carbons (Fsp3) is 0.783. The van der Waals surface area contributed by atoms with Gasteiger partial charge in [-0.25, -0.2) is 4.98 Å². The van der Waals surface area contributed by atoms with Crippen molar-refractivity contribution in [2.24, 2.45) is 0 Å². The number of aromatic nitrogens is 2. The number of fused-ring (bicyclic) bond motifs is 1. The molecule has 0 radical (unpaired) electrons. The Bertz CT molecular complexity index is 816. The number of anilines is 2. The summed E-state index contributed by atoms with van der Waals surface area (Å²) in [6.07, 6.45) is 9.60. The molecule has 8 nitrogen and oxygen atoms in total. The molecule has 0 aromatic carbocycles. The van der Waals surface area contributed by atoms with E-state index in [2.05, 4.69) is 27.1 Å². The maximum Gasteiger partial charge on any atom is 0.272 e. The molecule has 4 heterocycles. The van der Waals surface area contributed by atoms with Crippen molar-refractivity contribution in [3.8, 4) is 5.75 Å². The van der Waals surface area contributed by atoms with Crippen LogP contribution in [-0.4, -0.2) is 82.6 Å². The number of nitrogens with one attached hydrogen (secondary N) is 1. The summed E-state index contributed by atoms with van der Waals surface area (Å²) in [5.74, 6) is 1.87. The number of likely N-dealkylation sites (N-methyl/N-ethyl adjacent to an activating group) is 1. The number of hydrogen-bond acceptors (Lipinski definition) is 7. The van der Waals surface area contributed by atoms with Gasteiger partial charge >= 0.3 is 0 Å². The molecule has 2 saturated heterocycles. The van der Waals surface area contributed by atoms with Crippen LogP contribution in [0.1, 0.15) is 58.8 Å². The Labute approximate surface area is 185 Å². The molecule has 1 atom stereocenters. The van der Waals surface area contributed by atoms with Crippen LogP contribution in [0.3, 0.4) is 0 Å². The summed E-state index contributed by atoms with van der Waals surface area (Å²) in [5.41, 5.74) is -0.880. The standard InChI is InChI=1S/C23H36N6O2/c1-23(2)21(30)29(17-6-4-5-7-17)20-19(31-23)14-24-22(26-20)25-16-8-12-28(13-9-16)18-10-11-27(3)15-18/h14,16-18H,4-13,15H2,1-3H3,(H,24,25,26)/t18-/m0/s1. The largest absolute Gasteiger partial charge is 0.472 e. The molecule has 1 N–H and O–H groups in total. The Hall–Kier alpha value is -1.93. The molecule has 31 heavy (non-hydrogen) atoms. The molecule has 4 aliphatic rings. The van der Waals surface area contributed by atoms with Gasteiger partial charge in [-0.3, -0.25) is 14.6 Å². The summed E-state index contributed by atoms with van der Waals surface area (Å²) >= 11 is 0. The molecule has 1 aromatic heterocycles. The number of amides is 1. The van der Waals surface area contributed by atoms with Crippen LogP contribution in [0.15, 0.2) is 6.20 Å². The van der Waals surface area contributed by atoms with Crippen molar-refractivity contribution in [2.45, 2.75) is 82.5 Å². The molecule has 1 saturated carbocycles. The lowest BCUT2D eigenvalue weighted by Gasteiger charge is -2.40. The topological polar surface area (TPSA) is 73.8 Å². The maximum atomic E-state index is 13.2. The van der Waals surface area contributed by atoms with Crippen molar-refractivity contribution in [3.63, 3.8) is 0 Å². The molecule has 170 valence electrons. The lowest BCUT2D eigenvalue weighted by atomic mass is 10.0.